The van der Waals surface area contributed by atoms with Crippen molar-refractivity contribution in [2.45, 2.75) is 18.4 Å². The van der Waals surface area contributed by atoms with Gasteiger partial charge in [0.05, 0.1) is 5.56 Å². The van der Waals surface area contributed by atoms with Gasteiger partial charge < -0.3 is 4.74 Å². The van der Waals surface area contributed by atoms with Crippen LogP contribution in [0.15, 0.2) is 36.4 Å². The van der Waals surface area contributed by atoms with Gasteiger partial charge >= 0.3 is 6.18 Å². The summed E-state index contributed by atoms with van der Waals surface area (Å²) < 4.78 is 43.2. The Morgan fingerprint density at radius 1 is 1.24 bits per heavy atom. The van der Waals surface area contributed by atoms with Gasteiger partial charge in [-0.25, -0.2) is 0 Å². The maximum Gasteiger partial charge on any atom is 0.416 e. The molecule has 0 amide bonds. The van der Waals surface area contributed by atoms with Gasteiger partial charge in [0.25, 0.3) is 0 Å². The van der Waals surface area contributed by atoms with E-state index in [1.807, 2.05) is 0 Å². The molecule has 90 valence electrons. The van der Waals surface area contributed by atoms with Crippen LogP contribution in [0.2, 0.25) is 0 Å². The minimum Gasteiger partial charge on any atom is -0.360 e. The Hall–Kier alpha value is -1.62. The number of ether oxygens (including phenoxy) is 1. The predicted octanol–water partition coefficient (Wildman–Crippen LogP) is 2.90. The molecule has 0 saturated carbocycles. The van der Waals surface area contributed by atoms with Crippen molar-refractivity contribution < 1.29 is 22.7 Å². The molecular weight excluding hydrogens is 233 g/mol. The van der Waals surface area contributed by atoms with Crippen molar-refractivity contribution in [2.24, 2.45) is 0 Å². The second-order valence-electron chi connectivity index (χ2n) is 3.63. The van der Waals surface area contributed by atoms with E-state index in [0.717, 1.165) is 6.07 Å². The van der Waals surface area contributed by atoms with Gasteiger partial charge in [-0.1, -0.05) is 18.2 Å². The van der Waals surface area contributed by atoms with Crippen LogP contribution < -0.4 is 0 Å². The molecule has 17 heavy (non-hydrogen) atoms. The molecule has 5 heteroatoms. The number of epoxide rings is 1. The van der Waals surface area contributed by atoms with Crippen LogP contribution in [0.4, 0.5) is 13.2 Å². The first kappa shape index (κ1) is 11.9. The van der Waals surface area contributed by atoms with Crippen molar-refractivity contribution in [3.8, 4) is 0 Å². The van der Waals surface area contributed by atoms with Crippen LogP contribution in [-0.4, -0.2) is 12.4 Å². The number of rotatable bonds is 3. The SMILES string of the molecule is O=C/C=C/[C@@H]1O[C@H]1c1ccccc1C(F)(F)F. The minimum atomic E-state index is -4.39. The smallest absolute Gasteiger partial charge is 0.360 e. The molecule has 1 saturated heterocycles. The summed E-state index contributed by atoms with van der Waals surface area (Å²) in [6, 6.07) is 5.29. The zero-order valence-corrected chi connectivity index (χ0v) is 8.65. The topological polar surface area (TPSA) is 29.6 Å². The van der Waals surface area contributed by atoms with E-state index < -0.39 is 23.9 Å². The maximum atomic E-state index is 12.7. The molecule has 0 unspecified atom stereocenters. The van der Waals surface area contributed by atoms with E-state index in [1.165, 1.54) is 30.4 Å². The molecule has 0 spiro atoms. The first-order valence-electron chi connectivity index (χ1n) is 4.97. The normalized spacial score (nSPS) is 23.9. The fraction of sp³-hybridized carbons (Fsp3) is 0.250. The first-order valence-corrected chi connectivity index (χ1v) is 4.97. The molecule has 2 atom stereocenters. The average molecular weight is 242 g/mol. The number of alkyl halides is 3. The summed E-state index contributed by atoms with van der Waals surface area (Å²) in [7, 11) is 0. The fourth-order valence-corrected chi connectivity index (χ4v) is 1.68. The van der Waals surface area contributed by atoms with Gasteiger partial charge in [-0.2, -0.15) is 13.2 Å². The van der Waals surface area contributed by atoms with Gasteiger partial charge in [-0.15, -0.1) is 0 Å². The molecule has 2 nitrogen and oxygen atoms in total. The van der Waals surface area contributed by atoms with Crippen LogP contribution >= 0.6 is 0 Å². The van der Waals surface area contributed by atoms with Gasteiger partial charge in [-0.05, 0) is 23.8 Å². The van der Waals surface area contributed by atoms with E-state index in [1.54, 1.807) is 0 Å². The Morgan fingerprint density at radius 2 is 1.94 bits per heavy atom. The van der Waals surface area contributed by atoms with Crippen molar-refractivity contribution >= 4 is 6.29 Å². The number of hydrogen-bond acceptors (Lipinski definition) is 2. The summed E-state index contributed by atoms with van der Waals surface area (Å²) >= 11 is 0. The summed E-state index contributed by atoms with van der Waals surface area (Å²) in [6.07, 6.45) is -2.20. The van der Waals surface area contributed by atoms with Crippen LogP contribution in [0.25, 0.3) is 0 Å². The molecule has 0 radical (unpaired) electrons. The van der Waals surface area contributed by atoms with E-state index >= 15 is 0 Å². The Kier molecular flexibility index (Phi) is 3.02. The lowest BCUT2D eigenvalue weighted by Crippen LogP contribution is -2.08. The molecular formula is C12H9F3O2. The highest BCUT2D eigenvalue weighted by Crippen LogP contribution is 2.45. The number of allylic oxidation sites excluding steroid dienone is 1. The van der Waals surface area contributed by atoms with Gasteiger partial charge in [0.15, 0.2) is 0 Å². The molecule has 0 bridgehead atoms. The van der Waals surface area contributed by atoms with Crippen LogP contribution in [0.3, 0.4) is 0 Å². The number of hydrogen-bond donors (Lipinski definition) is 0. The van der Waals surface area contributed by atoms with E-state index in [2.05, 4.69) is 0 Å². The van der Waals surface area contributed by atoms with Gasteiger partial charge in [0.1, 0.15) is 18.5 Å². The summed E-state index contributed by atoms with van der Waals surface area (Å²) in [5, 5.41) is 0. The molecule has 0 aliphatic carbocycles. The van der Waals surface area contributed by atoms with Crippen molar-refractivity contribution in [1.82, 2.24) is 0 Å². The van der Waals surface area contributed by atoms with E-state index in [-0.39, 0.29) is 5.56 Å². The molecule has 1 aliphatic heterocycles. The number of aldehydes is 1. The van der Waals surface area contributed by atoms with Crippen LogP contribution in [0.1, 0.15) is 17.2 Å². The zero-order valence-electron chi connectivity index (χ0n) is 8.65. The number of carbonyl (C=O) groups excluding carboxylic acids is 1. The number of halogens is 3. The highest BCUT2D eigenvalue weighted by atomic mass is 19.4. The van der Waals surface area contributed by atoms with Crippen LogP contribution in [-0.2, 0) is 15.7 Å². The second kappa shape index (κ2) is 4.33. The standard InChI is InChI=1S/C12H9F3O2/c13-12(14,15)9-5-2-1-4-8(9)11-10(17-11)6-3-7-16/h1-7,10-11H/b6-3+/t10-,11-/m0/s1. The molecule has 0 N–H and O–H groups in total. The van der Waals surface area contributed by atoms with E-state index in [0.29, 0.717) is 6.29 Å². The Labute approximate surface area is 95.7 Å². The van der Waals surface area contributed by atoms with E-state index in [4.69, 9.17) is 4.74 Å². The Morgan fingerprint density at radius 3 is 2.59 bits per heavy atom. The lowest BCUT2D eigenvalue weighted by atomic mass is 10.0. The number of benzene rings is 1. The second-order valence-corrected chi connectivity index (χ2v) is 3.63. The van der Waals surface area contributed by atoms with Gasteiger partial charge in [0, 0.05) is 0 Å². The zero-order chi connectivity index (χ0) is 12.5. The lowest BCUT2D eigenvalue weighted by molar-refractivity contribution is -0.138. The molecule has 1 aromatic carbocycles. The highest BCUT2D eigenvalue weighted by molar-refractivity contribution is 5.65. The van der Waals surface area contributed by atoms with Crippen molar-refractivity contribution in [1.29, 1.82) is 0 Å². The van der Waals surface area contributed by atoms with Gasteiger partial charge in [-0.3, -0.25) is 4.79 Å². The minimum absolute atomic E-state index is 0.112. The Balaban J connectivity index is 2.23. The van der Waals surface area contributed by atoms with Gasteiger partial charge in [0.2, 0.25) is 0 Å². The summed E-state index contributed by atoms with van der Waals surface area (Å²) in [4.78, 5) is 10.1. The molecule has 1 heterocycles. The van der Waals surface area contributed by atoms with Crippen molar-refractivity contribution in [3.05, 3.63) is 47.5 Å². The third kappa shape index (κ3) is 2.55. The molecule has 2 rings (SSSR count). The molecule has 0 aromatic heterocycles. The largest absolute Gasteiger partial charge is 0.416 e. The highest BCUT2D eigenvalue weighted by Gasteiger charge is 2.44. The summed E-state index contributed by atoms with van der Waals surface area (Å²) in [6.45, 7) is 0. The number of carbonyl (C=O) groups is 1. The average Bonchev–Trinajstić information content (AvgIpc) is 3.04. The van der Waals surface area contributed by atoms with Crippen molar-refractivity contribution in [2.75, 3.05) is 0 Å². The lowest BCUT2D eigenvalue weighted by Gasteiger charge is -2.10. The third-order valence-corrected chi connectivity index (χ3v) is 2.48. The van der Waals surface area contributed by atoms with Crippen LogP contribution in [0.5, 0.6) is 0 Å². The Bertz CT molecular complexity index is 451. The predicted molar refractivity (Wildman–Crippen MR) is 54.3 cm³/mol. The third-order valence-electron chi connectivity index (χ3n) is 2.48. The first-order chi connectivity index (χ1) is 8.04. The van der Waals surface area contributed by atoms with Crippen molar-refractivity contribution in [3.63, 3.8) is 0 Å². The van der Waals surface area contributed by atoms with Crippen LogP contribution in [0, 0.1) is 0 Å². The van der Waals surface area contributed by atoms with E-state index in [9.17, 15) is 18.0 Å². The summed E-state index contributed by atoms with van der Waals surface area (Å²) in [5.41, 5.74) is -0.576. The summed E-state index contributed by atoms with van der Waals surface area (Å²) in [5.74, 6) is 0. The monoisotopic (exact) mass is 242 g/mol. The molecule has 1 fully saturated rings. The molecule has 1 aliphatic rings. The maximum absolute atomic E-state index is 12.7. The quantitative estimate of drug-likeness (QED) is 0.463. The fourth-order valence-electron chi connectivity index (χ4n) is 1.68. The molecule has 1 aromatic rings.